The van der Waals surface area contributed by atoms with Crippen molar-refractivity contribution >= 4 is 5.78 Å². The lowest BCUT2D eigenvalue weighted by Crippen LogP contribution is -2.07. The molecule has 0 aliphatic carbocycles. The average Bonchev–Trinajstić information content (AvgIpc) is 2.48. The van der Waals surface area contributed by atoms with Crippen molar-refractivity contribution < 1.29 is 18.7 Å². The molecule has 0 aliphatic heterocycles. The fourth-order valence-corrected chi connectivity index (χ4v) is 1.95. The first-order chi connectivity index (χ1) is 9.58. The van der Waals surface area contributed by atoms with Gasteiger partial charge in [0.15, 0.2) is 0 Å². The van der Waals surface area contributed by atoms with Crippen molar-refractivity contribution in [2.45, 2.75) is 6.92 Å². The Labute approximate surface area is 117 Å². The minimum atomic E-state index is -0.412. The maximum Gasteiger partial charge on any atom is 0.200 e. The molecule has 3 nitrogen and oxygen atoms in total. The summed E-state index contributed by atoms with van der Waals surface area (Å²) in [6, 6.07) is 9.45. The highest BCUT2D eigenvalue weighted by Crippen LogP contribution is 2.30. The van der Waals surface area contributed by atoms with Crippen molar-refractivity contribution in [3.05, 3.63) is 58.9 Å². The molecule has 20 heavy (non-hydrogen) atoms. The normalized spacial score (nSPS) is 10.2. The lowest BCUT2D eigenvalue weighted by Gasteiger charge is -2.12. The van der Waals surface area contributed by atoms with Crippen LogP contribution < -0.4 is 9.47 Å². The molecule has 0 spiro atoms. The van der Waals surface area contributed by atoms with E-state index in [1.807, 2.05) is 0 Å². The topological polar surface area (TPSA) is 35.5 Å². The van der Waals surface area contributed by atoms with Gasteiger partial charge >= 0.3 is 0 Å². The fourth-order valence-electron chi connectivity index (χ4n) is 1.95. The number of ether oxygens (including phenoxy) is 2. The molecule has 0 amide bonds. The second-order valence-electron chi connectivity index (χ2n) is 4.33. The monoisotopic (exact) mass is 274 g/mol. The lowest BCUT2D eigenvalue weighted by atomic mass is 10.00. The summed E-state index contributed by atoms with van der Waals surface area (Å²) in [5.74, 6) is 0.0496. The maximum atomic E-state index is 13.6. The van der Waals surface area contributed by atoms with E-state index in [0.29, 0.717) is 22.6 Å². The van der Waals surface area contributed by atoms with Crippen LogP contribution in [0.3, 0.4) is 0 Å². The smallest absolute Gasteiger partial charge is 0.200 e. The van der Waals surface area contributed by atoms with Crippen LogP contribution >= 0.6 is 0 Å². The standard InChI is InChI=1S/C16H15FO3/c1-10-7-8-11(9-12(10)17)16(18)15-13(19-2)5-4-6-14(15)20-3/h4-9H,1-3H3. The second-order valence-corrected chi connectivity index (χ2v) is 4.33. The quantitative estimate of drug-likeness (QED) is 0.802. The van der Waals surface area contributed by atoms with Gasteiger partial charge in [0.2, 0.25) is 5.78 Å². The van der Waals surface area contributed by atoms with Gasteiger partial charge in [-0.05, 0) is 30.7 Å². The molecule has 0 unspecified atom stereocenters. The molecule has 0 N–H and O–H groups in total. The first-order valence-electron chi connectivity index (χ1n) is 6.10. The molecular formula is C16H15FO3. The molecule has 4 heteroatoms. The van der Waals surface area contributed by atoms with Gasteiger partial charge in [0.1, 0.15) is 22.9 Å². The van der Waals surface area contributed by atoms with Crippen molar-refractivity contribution in [1.29, 1.82) is 0 Å². The Hall–Kier alpha value is -2.36. The van der Waals surface area contributed by atoms with Crippen LogP contribution in [0.5, 0.6) is 11.5 Å². The zero-order chi connectivity index (χ0) is 14.7. The van der Waals surface area contributed by atoms with Crippen LogP contribution in [0.1, 0.15) is 21.5 Å². The SMILES string of the molecule is COc1cccc(OC)c1C(=O)c1ccc(C)c(F)c1. The molecule has 0 aromatic heterocycles. The number of halogens is 1. The van der Waals surface area contributed by atoms with Gasteiger partial charge in [0, 0.05) is 5.56 Å². The van der Waals surface area contributed by atoms with E-state index in [2.05, 4.69) is 0 Å². The Bertz CT molecular complexity index is 628. The minimum absolute atomic E-state index is 0.260. The van der Waals surface area contributed by atoms with Crippen LogP contribution in [0.25, 0.3) is 0 Å². The van der Waals surface area contributed by atoms with Gasteiger partial charge in [-0.15, -0.1) is 0 Å². The number of methoxy groups -OCH3 is 2. The molecule has 0 bridgehead atoms. The summed E-state index contributed by atoms with van der Waals surface area (Å²) in [4.78, 5) is 12.5. The number of hydrogen-bond acceptors (Lipinski definition) is 3. The van der Waals surface area contributed by atoms with Crippen LogP contribution in [-0.4, -0.2) is 20.0 Å². The van der Waals surface area contributed by atoms with E-state index in [4.69, 9.17) is 9.47 Å². The van der Waals surface area contributed by atoms with E-state index >= 15 is 0 Å². The molecule has 0 atom stereocenters. The third-order valence-corrected chi connectivity index (χ3v) is 3.09. The van der Waals surface area contributed by atoms with E-state index in [1.54, 1.807) is 37.3 Å². The largest absolute Gasteiger partial charge is 0.496 e. The van der Waals surface area contributed by atoms with E-state index in [1.165, 1.54) is 20.3 Å². The predicted molar refractivity (Wildman–Crippen MR) is 74.1 cm³/mol. The summed E-state index contributed by atoms with van der Waals surface area (Å²) >= 11 is 0. The van der Waals surface area contributed by atoms with Crippen LogP contribution in [0.2, 0.25) is 0 Å². The van der Waals surface area contributed by atoms with Crippen molar-refractivity contribution in [2.75, 3.05) is 14.2 Å². The van der Waals surface area contributed by atoms with Gasteiger partial charge in [0.25, 0.3) is 0 Å². The summed E-state index contributed by atoms with van der Waals surface area (Å²) in [6.45, 7) is 1.65. The van der Waals surface area contributed by atoms with Gasteiger partial charge < -0.3 is 9.47 Å². The summed E-state index contributed by atoms with van der Waals surface area (Å²) in [7, 11) is 2.95. The number of benzene rings is 2. The molecule has 2 aromatic carbocycles. The number of rotatable bonds is 4. The molecule has 0 saturated heterocycles. The zero-order valence-electron chi connectivity index (χ0n) is 11.6. The predicted octanol–water partition coefficient (Wildman–Crippen LogP) is 3.38. The van der Waals surface area contributed by atoms with Crippen molar-refractivity contribution in [3.8, 4) is 11.5 Å². The van der Waals surface area contributed by atoms with E-state index in [0.717, 1.165) is 0 Å². The lowest BCUT2D eigenvalue weighted by molar-refractivity contribution is 0.103. The molecule has 104 valence electrons. The summed E-state index contributed by atoms with van der Waals surface area (Å²) in [5, 5.41) is 0. The van der Waals surface area contributed by atoms with E-state index in [-0.39, 0.29) is 11.3 Å². The van der Waals surface area contributed by atoms with Gasteiger partial charge in [-0.3, -0.25) is 4.79 Å². The van der Waals surface area contributed by atoms with Gasteiger partial charge in [-0.25, -0.2) is 4.39 Å². The van der Waals surface area contributed by atoms with Crippen LogP contribution in [0, 0.1) is 12.7 Å². The van der Waals surface area contributed by atoms with E-state index < -0.39 is 5.82 Å². The number of ketones is 1. The molecule has 0 heterocycles. The highest BCUT2D eigenvalue weighted by molar-refractivity contribution is 6.12. The summed E-state index contributed by atoms with van der Waals surface area (Å²) in [5.41, 5.74) is 1.05. The molecule has 0 saturated carbocycles. The number of carbonyl (C=O) groups is 1. The van der Waals surface area contributed by atoms with Gasteiger partial charge in [-0.2, -0.15) is 0 Å². The van der Waals surface area contributed by atoms with Crippen LogP contribution in [0.4, 0.5) is 4.39 Å². The second kappa shape index (κ2) is 5.74. The Morgan fingerprint density at radius 3 is 2.15 bits per heavy atom. The van der Waals surface area contributed by atoms with Crippen molar-refractivity contribution in [2.24, 2.45) is 0 Å². The number of hydrogen-bond donors (Lipinski definition) is 0. The Morgan fingerprint density at radius 2 is 1.65 bits per heavy atom. The Morgan fingerprint density at radius 1 is 1.05 bits per heavy atom. The van der Waals surface area contributed by atoms with Crippen LogP contribution in [-0.2, 0) is 0 Å². The molecule has 0 aliphatic rings. The molecule has 2 rings (SSSR count). The minimum Gasteiger partial charge on any atom is -0.496 e. The van der Waals surface area contributed by atoms with Crippen LogP contribution in [0.15, 0.2) is 36.4 Å². The first-order valence-corrected chi connectivity index (χ1v) is 6.10. The van der Waals surface area contributed by atoms with Crippen molar-refractivity contribution in [3.63, 3.8) is 0 Å². The average molecular weight is 274 g/mol. The molecular weight excluding hydrogens is 259 g/mol. The molecule has 0 radical (unpaired) electrons. The fraction of sp³-hybridized carbons (Fsp3) is 0.188. The maximum absolute atomic E-state index is 13.6. The first kappa shape index (κ1) is 14.1. The highest BCUT2D eigenvalue weighted by atomic mass is 19.1. The zero-order valence-corrected chi connectivity index (χ0v) is 11.6. The summed E-state index contributed by atoms with van der Waals surface area (Å²) in [6.07, 6.45) is 0. The van der Waals surface area contributed by atoms with Crippen molar-refractivity contribution in [1.82, 2.24) is 0 Å². The van der Waals surface area contributed by atoms with Gasteiger partial charge in [-0.1, -0.05) is 18.2 Å². The Balaban J connectivity index is 2.55. The third-order valence-electron chi connectivity index (χ3n) is 3.09. The highest BCUT2D eigenvalue weighted by Gasteiger charge is 2.20. The molecule has 0 fully saturated rings. The Kier molecular flexibility index (Phi) is 4.03. The third kappa shape index (κ3) is 2.50. The number of aryl methyl sites for hydroxylation is 1. The number of carbonyl (C=O) groups excluding carboxylic acids is 1. The molecule has 2 aromatic rings. The van der Waals surface area contributed by atoms with E-state index in [9.17, 15) is 9.18 Å². The van der Waals surface area contributed by atoms with Gasteiger partial charge in [0.05, 0.1) is 14.2 Å². The summed E-state index contributed by atoms with van der Waals surface area (Å²) < 4.78 is 24.0.